The maximum absolute atomic E-state index is 11.3. The van der Waals surface area contributed by atoms with Crippen LogP contribution in [-0.4, -0.2) is 20.2 Å². The van der Waals surface area contributed by atoms with E-state index in [-0.39, 0.29) is 11.7 Å². The second kappa shape index (κ2) is 3.55. The molecular formula is C9H16N4O. The first-order valence-electron chi connectivity index (χ1n) is 5.16. The molecule has 0 saturated heterocycles. The van der Waals surface area contributed by atoms with Gasteiger partial charge >= 0.3 is 5.69 Å². The number of H-pyrrole nitrogens is 1. The predicted molar refractivity (Wildman–Crippen MR) is 51.9 cm³/mol. The van der Waals surface area contributed by atoms with E-state index >= 15 is 0 Å². The van der Waals surface area contributed by atoms with Gasteiger partial charge in [-0.05, 0) is 41.5 Å². The molecule has 1 aromatic rings. The third-order valence-electron chi connectivity index (χ3n) is 2.99. The fourth-order valence-corrected chi connectivity index (χ4v) is 2.55. The summed E-state index contributed by atoms with van der Waals surface area (Å²) in [5, 5.41) is 9.67. The average Bonchev–Trinajstić information content (AvgIpc) is 2.49. The van der Waals surface area contributed by atoms with Gasteiger partial charge in [-0.25, -0.2) is 9.89 Å². The number of rotatable bonds is 1. The van der Waals surface area contributed by atoms with E-state index in [2.05, 4.69) is 29.4 Å². The van der Waals surface area contributed by atoms with E-state index in [9.17, 15) is 4.79 Å². The molecule has 1 saturated carbocycles. The quantitative estimate of drug-likeness (QED) is 0.727. The summed E-state index contributed by atoms with van der Waals surface area (Å²) >= 11 is 0. The van der Waals surface area contributed by atoms with Crippen molar-refractivity contribution in [1.29, 1.82) is 0 Å². The van der Waals surface area contributed by atoms with Crippen LogP contribution in [0.15, 0.2) is 4.79 Å². The van der Waals surface area contributed by atoms with Crippen molar-refractivity contribution in [2.24, 2.45) is 11.8 Å². The lowest BCUT2D eigenvalue weighted by atomic mass is 9.80. The lowest BCUT2D eigenvalue weighted by molar-refractivity contribution is 0.204. The number of tetrazole rings is 1. The molecule has 2 rings (SSSR count). The fraction of sp³-hybridized carbons (Fsp3) is 0.889. The Bertz CT molecular complexity index is 346. The van der Waals surface area contributed by atoms with Crippen molar-refractivity contribution in [3.63, 3.8) is 0 Å². The molecule has 2 unspecified atom stereocenters. The van der Waals surface area contributed by atoms with Crippen LogP contribution in [-0.2, 0) is 0 Å². The van der Waals surface area contributed by atoms with Crippen LogP contribution < -0.4 is 5.69 Å². The van der Waals surface area contributed by atoms with Crippen molar-refractivity contribution in [3.05, 3.63) is 10.5 Å². The Morgan fingerprint density at radius 1 is 1.29 bits per heavy atom. The number of aromatic amines is 1. The predicted octanol–water partition coefficient (Wildman–Crippen LogP) is 0.964. The van der Waals surface area contributed by atoms with Gasteiger partial charge in [0.25, 0.3) is 0 Å². The number of aromatic nitrogens is 4. The lowest BCUT2D eigenvalue weighted by Gasteiger charge is -2.30. The van der Waals surface area contributed by atoms with Gasteiger partial charge in [-0.15, -0.1) is 0 Å². The zero-order valence-electron chi connectivity index (χ0n) is 8.60. The first kappa shape index (κ1) is 9.43. The number of nitrogens with one attached hydrogen (secondary N) is 1. The molecule has 0 radical (unpaired) electrons. The van der Waals surface area contributed by atoms with Gasteiger partial charge in [0.05, 0.1) is 6.04 Å². The highest BCUT2D eigenvalue weighted by Gasteiger charge is 2.26. The summed E-state index contributed by atoms with van der Waals surface area (Å²) in [5.41, 5.74) is -0.184. The summed E-state index contributed by atoms with van der Waals surface area (Å²) in [6.07, 6.45) is 3.33. The molecule has 0 bridgehead atoms. The van der Waals surface area contributed by atoms with Crippen LogP contribution in [0.3, 0.4) is 0 Å². The monoisotopic (exact) mass is 196 g/mol. The normalized spacial score (nSPS) is 33.1. The molecule has 1 aromatic heterocycles. The first-order chi connectivity index (χ1) is 6.66. The number of nitrogens with zero attached hydrogens (tertiary/aromatic N) is 3. The summed E-state index contributed by atoms with van der Waals surface area (Å²) < 4.78 is 1.49. The molecule has 1 aliphatic carbocycles. The largest absolute Gasteiger partial charge is 0.361 e. The van der Waals surface area contributed by atoms with Crippen molar-refractivity contribution in [2.75, 3.05) is 0 Å². The van der Waals surface area contributed by atoms with Crippen LogP contribution in [0.2, 0.25) is 0 Å². The topological polar surface area (TPSA) is 63.6 Å². The molecule has 78 valence electrons. The molecule has 0 spiro atoms. The van der Waals surface area contributed by atoms with Crippen molar-refractivity contribution < 1.29 is 0 Å². The van der Waals surface area contributed by atoms with E-state index in [0.717, 1.165) is 12.8 Å². The van der Waals surface area contributed by atoms with Crippen LogP contribution in [0.4, 0.5) is 0 Å². The zero-order valence-corrected chi connectivity index (χ0v) is 8.60. The van der Waals surface area contributed by atoms with Crippen molar-refractivity contribution in [1.82, 2.24) is 20.2 Å². The summed E-state index contributed by atoms with van der Waals surface area (Å²) in [5.74, 6) is 1.35. The van der Waals surface area contributed by atoms with Gasteiger partial charge in [0.2, 0.25) is 0 Å². The molecule has 5 heteroatoms. The minimum Gasteiger partial charge on any atom is -0.245 e. The van der Waals surface area contributed by atoms with E-state index in [4.69, 9.17) is 0 Å². The molecule has 14 heavy (non-hydrogen) atoms. The smallest absolute Gasteiger partial charge is 0.245 e. The summed E-state index contributed by atoms with van der Waals surface area (Å²) in [6, 6.07) is 0.236. The second-order valence-electron chi connectivity index (χ2n) is 4.52. The Morgan fingerprint density at radius 3 is 2.43 bits per heavy atom. The van der Waals surface area contributed by atoms with Gasteiger partial charge in [-0.1, -0.05) is 13.8 Å². The first-order valence-corrected chi connectivity index (χ1v) is 5.16. The standard InChI is InChI=1S/C9H16N4O/c1-6-3-7(2)5-8(4-6)13-9(14)10-11-12-13/h6-8H,3-5H2,1-2H3,(H,10,12,14). The third kappa shape index (κ3) is 1.71. The van der Waals surface area contributed by atoms with Gasteiger partial charge in [-0.2, -0.15) is 4.68 Å². The fourth-order valence-electron chi connectivity index (χ4n) is 2.55. The Morgan fingerprint density at radius 2 is 1.93 bits per heavy atom. The summed E-state index contributed by atoms with van der Waals surface area (Å²) in [4.78, 5) is 11.3. The van der Waals surface area contributed by atoms with Gasteiger partial charge in [-0.3, -0.25) is 0 Å². The second-order valence-corrected chi connectivity index (χ2v) is 4.52. The molecular weight excluding hydrogens is 180 g/mol. The highest BCUT2D eigenvalue weighted by molar-refractivity contribution is 4.78. The van der Waals surface area contributed by atoms with Crippen LogP contribution >= 0.6 is 0 Å². The van der Waals surface area contributed by atoms with Gasteiger partial charge in [0.1, 0.15) is 0 Å². The number of hydrogen-bond acceptors (Lipinski definition) is 3. The molecule has 1 aliphatic rings. The van der Waals surface area contributed by atoms with E-state index < -0.39 is 0 Å². The SMILES string of the molecule is CC1CC(C)CC(n2nn[nH]c2=O)C1. The third-order valence-corrected chi connectivity index (χ3v) is 2.99. The van der Waals surface area contributed by atoms with Crippen LogP contribution in [0.25, 0.3) is 0 Å². The van der Waals surface area contributed by atoms with Crippen LogP contribution in [0.1, 0.15) is 39.2 Å². The zero-order chi connectivity index (χ0) is 10.1. The lowest BCUT2D eigenvalue weighted by Crippen LogP contribution is -2.29. The van der Waals surface area contributed by atoms with Crippen LogP contribution in [0, 0.1) is 11.8 Å². The Balaban J connectivity index is 2.19. The van der Waals surface area contributed by atoms with E-state index in [1.165, 1.54) is 11.1 Å². The van der Waals surface area contributed by atoms with Gasteiger partial charge < -0.3 is 0 Å². The molecule has 0 aromatic carbocycles. The van der Waals surface area contributed by atoms with E-state index in [1.807, 2.05) is 0 Å². The van der Waals surface area contributed by atoms with E-state index in [1.54, 1.807) is 0 Å². The van der Waals surface area contributed by atoms with E-state index in [0.29, 0.717) is 11.8 Å². The van der Waals surface area contributed by atoms with Crippen LogP contribution in [0.5, 0.6) is 0 Å². The van der Waals surface area contributed by atoms with Crippen molar-refractivity contribution >= 4 is 0 Å². The average molecular weight is 196 g/mol. The summed E-state index contributed by atoms with van der Waals surface area (Å²) in [6.45, 7) is 4.46. The molecule has 1 N–H and O–H groups in total. The van der Waals surface area contributed by atoms with Gasteiger partial charge in [0, 0.05) is 0 Å². The Hall–Kier alpha value is -1.13. The number of hydrogen-bond donors (Lipinski definition) is 1. The highest BCUT2D eigenvalue weighted by atomic mass is 16.2. The highest BCUT2D eigenvalue weighted by Crippen LogP contribution is 2.34. The van der Waals surface area contributed by atoms with Gasteiger partial charge in [0.15, 0.2) is 0 Å². The molecule has 1 fully saturated rings. The Labute approximate surface area is 82.5 Å². The minimum atomic E-state index is -0.184. The molecule has 2 atom stereocenters. The maximum atomic E-state index is 11.3. The maximum Gasteiger partial charge on any atom is 0.361 e. The summed E-state index contributed by atoms with van der Waals surface area (Å²) in [7, 11) is 0. The molecule has 5 nitrogen and oxygen atoms in total. The molecule has 0 amide bonds. The molecule has 0 aliphatic heterocycles. The molecule has 1 heterocycles. The Kier molecular flexibility index (Phi) is 2.39. The van der Waals surface area contributed by atoms with Crippen molar-refractivity contribution in [3.8, 4) is 0 Å². The van der Waals surface area contributed by atoms with Crippen molar-refractivity contribution in [2.45, 2.75) is 39.2 Å². The minimum absolute atomic E-state index is 0.184.